The van der Waals surface area contributed by atoms with Gasteiger partial charge in [0, 0.05) is 0 Å². The summed E-state index contributed by atoms with van der Waals surface area (Å²) in [6.45, 7) is 0.541. The van der Waals surface area contributed by atoms with Crippen LogP contribution >= 0.6 is 0 Å². The molecule has 0 aliphatic carbocycles. The van der Waals surface area contributed by atoms with Crippen LogP contribution in [0.5, 0.6) is 0 Å². The highest BCUT2D eigenvalue weighted by Gasteiger charge is 2.54. The molecule has 16 heteroatoms. The fourth-order valence-corrected chi connectivity index (χ4v) is 3.97. The Labute approximate surface area is 192 Å². The Kier molecular flexibility index (Phi) is 8.81. The summed E-state index contributed by atoms with van der Waals surface area (Å²) in [6.07, 6.45) is -26.4. The fourth-order valence-electron chi connectivity index (χ4n) is 3.97. The third-order valence-corrected chi connectivity index (χ3v) is 6.02. The van der Waals surface area contributed by atoms with Gasteiger partial charge < -0.3 is 74.7 Å². The molecule has 3 aliphatic rings. The Balaban J connectivity index is 1.78. The van der Waals surface area contributed by atoms with Gasteiger partial charge in [-0.15, -0.1) is 0 Å². The van der Waals surface area contributed by atoms with E-state index in [0.717, 1.165) is 0 Å². The predicted molar refractivity (Wildman–Crippen MR) is 100 cm³/mol. The van der Waals surface area contributed by atoms with Crippen LogP contribution in [-0.2, 0) is 28.5 Å². The van der Waals surface area contributed by atoms with Gasteiger partial charge in [0.05, 0.1) is 12.7 Å². The highest BCUT2D eigenvalue weighted by molar-refractivity contribution is 5.73. The van der Waals surface area contributed by atoms with Crippen LogP contribution in [0.4, 0.5) is 0 Å². The van der Waals surface area contributed by atoms with Crippen LogP contribution in [0, 0.1) is 0 Å². The van der Waals surface area contributed by atoms with Gasteiger partial charge in [-0.2, -0.15) is 0 Å². The number of ether oxygens (including phenoxy) is 5. The number of carboxylic acids is 1. The van der Waals surface area contributed by atoms with E-state index in [1.807, 2.05) is 0 Å². The van der Waals surface area contributed by atoms with E-state index in [-0.39, 0.29) is 0 Å². The summed E-state index contributed by atoms with van der Waals surface area (Å²) in [7, 11) is 0. The summed E-state index contributed by atoms with van der Waals surface area (Å²) in [5, 5.41) is 100.0. The molecule has 0 unspecified atom stereocenters. The van der Waals surface area contributed by atoms with E-state index in [1.165, 1.54) is 6.92 Å². The molecule has 3 heterocycles. The maximum Gasteiger partial charge on any atom is 0.335 e. The van der Waals surface area contributed by atoms with Crippen LogP contribution in [0.1, 0.15) is 6.92 Å². The van der Waals surface area contributed by atoms with E-state index < -0.39 is 105 Å². The highest BCUT2D eigenvalue weighted by atomic mass is 16.8. The average molecular weight is 502 g/mol. The van der Waals surface area contributed by atoms with Crippen molar-refractivity contribution in [3.8, 4) is 0 Å². The molecule has 3 rings (SSSR count). The van der Waals surface area contributed by atoms with Gasteiger partial charge in [-0.3, -0.25) is 0 Å². The maximum absolute atomic E-state index is 11.3. The first-order chi connectivity index (χ1) is 15.9. The Morgan fingerprint density at radius 3 is 1.88 bits per heavy atom. The van der Waals surface area contributed by atoms with Crippen molar-refractivity contribution in [3.63, 3.8) is 0 Å². The van der Waals surface area contributed by atoms with Crippen LogP contribution in [-0.4, -0.2) is 156 Å². The number of aliphatic hydroxyl groups is 9. The summed E-state index contributed by atoms with van der Waals surface area (Å²) < 4.78 is 26.0. The zero-order chi connectivity index (χ0) is 25.5. The molecule has 0 spiro atoms. The lowest BCUT2D eigenvalue weighted by Crippen LogP contribution is -2.66. The first-order valence-corrected chi connectivity index (χ1v) is 10.4. The van der Waals surface area contributed by atoms with Crippen molar-refractivity contribution in [1.29, 1.82) is 0 Å². The van der Waals surface area contributed by atoms with E-state index in [0.29, 0.717) is 0 Å². The van der Waals surface area contributed by atoms with Crippen molar-refractivity contribution in [1.82, 2.24) is 0 Å². The third-order valence-electron chi connectivity index (χ3n) is 6.02. The van der Waals surface area contributed by atoms with E-state index in [9.17, 15) is 50.8 Å². The fraction of sp³-hybridized carbons (Fsp3) is 0.944. The normalized spacial score (nSPS) is 52.4. The largest absolute Gasteiger partial charge is 0.479 e. The number of rotatable bonds is 6. The highest BCUT2D eigenvalue weighted by Crippen LogP contribution is 2.32. The lowest BCUT2D eigenvalue weighted by molar-refractivity contribution is -0.379. The van der Waals surface area contributed by atoms with Crippen LogP contribution in [0.3, 0.4) is 0 Å². The topological polar surface area (TPSA) is 266 Å². The number of aliphatic hydroxyl groups excluding tert-OH is 9. The molecule has 15 atom stereocenters. The molecule has 0 radical (unpaired) electrons. The SMILES string of the molecule is C[C@@H]1O[C@@H](O)[C@H](O[C@@H]2O[C@H](CO)[C@H](O)[C@H](O[C@@H]3O[C@H](C(=O)O)[C@@H](O)[C@H](O)[C@H]3O)[C@H]2O)[C@H](O)[C@H]1O. The van der Waals surface area contributed by atoms with Gasteiger partial charge in [0.25, 0.3) is 0 Å². The first kappa shape index (κ1) is 27.5. The lowest BCUT2D eigenvalue weighted by atomic mass is 9.96. The van der Waals surface area contributed by atoms with Gasteiger partial charge in [-0.1, -0.05) is 0 Å². The molecule has 0 aromatic rings. The number of carbonyl (C=O) groups is 1. The van der Waals surface area contributed by atoms with Gasteiger partial charge >= 0.3 is 5.97 Å². The van der Waals surface area contributed by atoms with Crippen molar-refractivity contribution in [2.45, 2.75) is 99.0 Å². The van der Waals surface area contributed by atoms with E-state index >= 15 is 0 Å². The molecule has 0 amide bonds. The second kappa shape index (κ2) is 10.9. The van der Waals surface area contributed by atoms with Gasteiger partial charge in [-0.05, 0) is 6.92 Å². The smallest absolute Gasteiger partial charge is 0.335 e. The maximum atomic E-state index is 11.3. The van der Waals surface area contributed by atoms with Gasteiger partial charge in [-0.25, -0.2) is 4.79 Å². The van der Waals surface area contributed by atoms with E-state index in [1.54, 1.807) is 0 Å². The predicted octanol–water partition coefficient (Wildman–Crippen LogP) is -6.45. The zero-order valence-electron chi connectivity index (χ0n) is 17.8. The Morgan fingerprint density at radius 1 is 0.706 bits per heavy atom. The van der Waals surface area contributed by atoms with E-state index in [2.05, 4.69) is 0 Å². The standard InChI is InChI=1S/C18H30O16/c1-3-5(20)8(23)14(16(29)30-3)34-18-11(26)12(6(21)4(2-19)31-18)32-17-10(25)7(22)9(24)13(33-17)15(27)28/h3-14,16-26,29H,2H2,1H3,(H,27,28)/t3-,4+,5-,6-,7-,8+,9-,10+,11+,12-,13-,14+,16+,17+,18-/m0/s1. The molecule has 0 bridgehead atoms. The summed E-state index contributed by atoms with van der Waals surface area (Å²) in [5.74, 6) is -1.69. The molecular weight excluding hydrogens is 472 g/mol. The minimum Gasteiger partial charge on any atom is -0.479 e. The molecular formula is C18H30O16. The van der Waals surface area contributed by atoms with Crippen molar-refractivity contribution >= 4 is 5.97 Å². The van der Waals surface area contributed by atoms with Crippen LogP contribution in [0.2, 0.25) is 0 Å². The minimum absolute atomic E-state index is 0.841. The molecule has 198 valence electrons. The van der Waals surface area contributed by atoms with Crippen LogP contribution in [0.25, 0.3) is 0 Å². The monoisotopic (exact) mass is 502 g/mol. The summed E-state index contributed by atoms with van der Waals surface area (Å²) in [6, 6.07) is 0. The molecule has 3 saturated heterocycles. The third kappa shape index (κ3) is 5.20. The van der Waals surface area contributed by atoms with Gasteiger partial charge in [0.1, 0.15) is 61.0 Å². The van der Waals surface area contributed by atoms with Crippen molar-refractivity contribution in [3.05, 3.63) is 0 Å². The van der Waals surface area contributed by atoms with Crippen LogP contribution in [0.15, 0.2) is 0 Å². The Hall–Kier alpha value is -1.09. The molecule has 0 aromatic heterocycles. The summed E-state index contributed by atoms with van der Waals surface area (Å²) >= 11 is 0. The van der Waals surface area contributed by atoms with E-state index in [4.69, 9.17) is 28.8 Å². The number of hydrogen-bond donors (Lipinski definition) is 10. The second-order valence-corrected chi connectivity index (χ2v) is 8.36. The number of hydrogen-bond acceptors (Lipinski definition) is 15. The van der Waals surface area contributed by atoms with Crippen molar-refractivity contribution < 1.29 is 79.5 Å². The van der Waals surface area contributed by atoms with Crippen LogP contribution < -0.4 is 0 Å². The molecule has 34 heavy (non-hydrogen) atoms. The summed E-state index contributed by atoms with van der Waals surface area (Å²) in [5.41, 5.74) is 0. The van der Waals surface area contributed by atoms with Crippen molar-refractivity contribution in [2.24, 2.45) is 0 Å². The lowest BCUT2D eigenvalue weighted by Gasteiger charge is -2.47. The Morgan fingerprint density at radius 2 is 1.29 bits per heavy atom. The molecule has 16 nitrogen and oxygen atoms in total. The zero-order valence-corrected chi connectivity index (χ0v) is 17.8. The Bertz CT molecular complexity index is 695. The molecule has 3 fully saturated rings. The molecule has 10 N–H and O–H groups in total. The number of carboxylic acid groups (broad SMARTS) is 1. The molecule has 0 aromatic carbocycles. The summed E-state index contributed by atoms with van der Waals surface area (Å²) in [4.78, 5) is 11.3. The quantitative estimate of drug-likeness (QED) is 0.162. The molecule has 0 saturated carbocycles. The average Bonchev–Trinajstić information content (AvgIpc) is 2.78. The minimum atomic E-state index is -2.03. The van der Waals surface area contributed by atoms with Gasteiger partial charge in [0.15, 0.2) is 25.0 Å². The first-order valence-electron chi connectivity index (χ1n) is 10.4. The number of aliphatic carboxylic acids is 1. The van der Waals surface area contributed by atoms with Crippen molar-refractivity contribution in [2.75, 3.05) is 6.61 Å². The second-order valence-electron chi connectivity index (χ2n) is 8.36. The van der Waals surface area contributed by atoms with Gasteiger partial charge in [0.2, 0.25) is 0 Å². The molecule has 3 aliphatic heterocycles.